The molecule has 1 N–H and O–H groups in total. The molecule has 0 radical (unpaired) electrons. The van der Waals surface area contributed by atoms with Gasteiger partial charge in [-0.1, -0.05) is 6.42 Å². The molecular formula is C14H23N3O2S. The van der Waals surface area contributed by atoms with E-state index in [0.717, 1.165) is 31.4 Å². The summed E-state index contributed by atoms with van der Waals surface area (Å²) in [6, 6.07) is 0. The number of hydrogen-bond donors (Lipinski definition) is 1. The van der Waals surface area contributed by atoms with Gasteiger partial charge in [-0.05, 0) is 38.0 Å². The van der Waals surface area contributed by atoms with Crippen LogP contribution in [0.1, 0.15) is 25.7 Å². The molecule has 1 aromatic heterocycles. The third kappa shape index (κ3) is 3.01. The Labute approximate surface area is 124 Å². The van der Waals surface area contributed by atoms with E-state index in [-0.39, 0.29) is 5.97 Å². The van der Waals surface area contributed by atoms with Gasteiger partial charge in [0.15, 0.2) is 0 Å². The molecule has 2 rings (SSSR count). The number of aryl methyl sites for hydroxylation is 1. The smallest absolute Gasteiger partial charge is 0.326 e. The van der Waals surface area contributed by atoms with E-state index >= 15 is 0 Å². The normalized spacial score (nSPS) is 25.9. The lowest BCUT2D eigenvalue weighted by atomic mass is 9.85. The van der Waals surface area contributed by atoms with E-state index in [0.29, 0.717) is 5.92 Å². The van der Waals surface area contributed by atoms with Crippen LogP contribution in [0.15, 0.2) is 17.3 Å². The minimum atomic E-state index is -0.482. The Hall–Kier alpha value is -1.01. The number of ether oxygens (including phenoxy) is 1. The number of nitrogens with zero attached hydrogens (tertiary/aromatic N) is 2. The first-order valence-electron chi connectivity index (χ1n) is 7.01. The molecule has 112 valence electrons. The third-order valence-electron chi connectivity index (χ3n) is 4.23. The molecule has 1 aromatic rings. The summed E-state index contributed by atoms with van der Waals surface area (Å²) in [7, 11) is 5.26. The molecule has 1 fully saturated rings. The Bertz CT molecular complexity index is 463. The van der Waals surface area contributed by atoms with Crippen molar-refractivity contribution in [2.75, 3.05) is 19.9 Å². The molecule has 5 nitrogen and oxygen atoms in total. The van der Waals surface area contributed by atoms with Gasteiger partial charge < -0.3 is 10.1 Å². The van der Waals surface area contributed by atoms with Crippen molar-refractivity contribution in [3.05, 3.63) is 12.4 Å². The van der Waals surface area contributed by atoms with Crippen molar-refractivity contribution >= 4 is 17.7 Å². The van der Waals surface area contributed by atoms with E-state index < -0.39 is 5.54 Å². The quantitative estimate of drug-likeness (QED) is 0.641. The second kappa shape index (κ2) is 6.63. The van der Waals surface area contributed by atoms with Crippen molar-refractivity contribution in [2.24, 2.45) is 13.0 Å². The van der Waals surface area contributed by atoms with Gasteiger partial charge in [0, 0.05) is 18.1 Å². The lowest BCUT2D eigenvalue weighted by Crippen LogP contribution is -2.53. The van der Waals surface area contributed by atoms with Crippen LogP contribution in [0.25, 0.3) is 0 Å². The van der Waals surface area contributed by atoms with Crippen LogP contribution in [-0.2, 0) is 16.6 Å². The number of hydrogen-bond acceptors (Lipinski definition) is 5. The fourth-order valence-corrected chi connectivity index (χ4v) is 4.13. The summed E-state index contributed by atoms with van der Waals surface area (Å²) in [5.41, 5.74) is -0.482. The molecule has 1 saturated carbocycles. The molecule has 2 atom stereocenters. The Morgan fingerprint density at radius 1 is 1.70 bits per heavy atom. The fourth-order valence-electron chi connectivity index (χ4n) is 3.14. The summed E-state index contributed by atoms with van der Waals surface area (Å²) in [5.74, 6) is 1.23. The SMILES string of the molecule is CNC1(C(=O)OC)CCCC1CCSc1cnn(C)c1. The summed E-state index contributed by atoms with van der Waals surface area (Å²) in [5, 5.41) is 7.39. The molecule has 0 spiro atoms. The molecule has 1 aliphatic rings. The summed E-state index contributed by atoms with van der Waals surface area (Å²) >= 11 is 1.80. The second-order valence-electron chi connectivity index (χ2n) is 5.29. The number of nitrogens with one attached hydrogen (secondary N) is 1. The van der Waals surface area contributed by atoms with E-state index in [2.05, 4.69) is 10.4 Å². The van der Waals surface area contributed by atoms with Crippen molar-refractivity contribution in [3.8, 4) is 0 Å². The maximum atomic E-state index is 12.1. The number of thioether (sulfide) groups is 1. The second-order valence-corrected chi connectivity index (χ2v) is 6.46. The van der Waals surface area contributed by atoms with Crippen LogP contribution in [0.4, 0.5) is 0 Å². The van der Waals surface area contributed by atoms with Crippen LogP contribution in [0.3, 0.4) is 0 Å². The standard InChI is InChI=1S/C14H23N3O2S/c1-15-14(13(18)19-3)7-4-5-11(14)6-8-20-12-9-16-17(2)10-12/h9-11,15H,4-8H2,1-3H3. The van der Waals surface area contributed by atoms with E-state index in [9.17, 15) is 4.79 Å². The Kier molecular flexibility index (Phi) is 5.10. The van der Waals surface area contributed by atoms with Crippen LogP contribution < -0.4 is 5.32 Å². The number of methoxy groups -OCH3 is 1. The molecule has 0 amide bonds. The van der Waals surface area contributed by atoms with Gasteiger partial charge in [-0.3, -0.25) is 9.48 Å². The number of rotatable bonds is 6. The molecule has 0 bridgehead atoms. The van der Waals surface area contributed by atoms with Gasteiger partial charge in [0.1, 0.15) is 5.54 Å². The van der Waals surface area contributed by atoms with Gasteiger partial charge >= 0.3 is 5.97 Å². The van der Waals surface area contributed by atoms with Crippen LogP contribution >= 0.6 is 11.8 Å². The van der Waals surface area contributed by atoms with E-state index in [1.807, 2.05) is 31.2 Å². The highest BCUT2D eigenvalue weighted by Gasteiger charge is 2.48. The van der Waals surface area contributed by atoms with Gasteiger partial charge in [0.05, 0.1) is 13.3 Å². The Morgan fingerprint density at radius 2 is 2.50 bits per heavy atom. The van der Waals surface area contributed by atoms with Crippen molar-refractivity contribution in [2.45, 2.75) is 36.1 Å². The summed E-state index contributed by atoms with van der Waals surface area (Å²) < 4.78 is 6.81. The van der Waals surface area contributed by atoms with Crippen molar-refractivity contribution in [1.82, 2.24) is 15.1 Å². The predicted octanol–water partition coefficient (Wildman–Crippen LogP) is 1.83. The molecule has 2 unspecified atom stereocenters. The van der Waals surface area contributed by atoms with Gasteiger partial charge in [-0.2, -0.15) is 5.10 Å². The summed E-state index contributed by atoms with van der Waals surface area (Å²) in [4.78, 5) is 13.3. The lowest BCUT2D eigenvalue weighted by molar-refractivity contribution is -0.150. The number of likely N-dealkylation sites (N-methyl/N-ethyl adjacent to an activating group) is 1. The van der Waals surface area contributed by atoms with E-state index in [4.69, 9.17) is 4.74 Å². The van der Waals surface area contributed by atoms with Gasteiger partial charge in [-0.15, -0.1) is 11.8 Å². The maximum absolute atomic E-state index is 12.1. The maximum Gasteiger partial charge on any atom is 0.326 e. The molecular weight excluding hydrogens is 274 g/mol. The van der Waals surface area contributed by atoms with Gasteiger partial charge in [-0.25, -0.2) is 0 Å². The number of carbonyl (C=O) groups is 1. The largest absolute Gasteiger partial charge is 0.468 e. The highest BCUT2D eigenvalue weighted by Crippen LogP contribution is 2.39. The zero-order valence-corrected chi connectivity index (χ0v) is 13.2. The van der Waals surface area contributed by atoms with Crippen molar-refractivity contribution in [3.63, 3.8) is 0 Å². The van der Waals surface area contributed by atoms with Gasteiger partial charge in [0.25, 0.3) is 0 Å². The lowest BCUT2D eigenvalue weighted by Gasteiger charge is -2.32. The monoisotopic (exact) mass is 297 g/mol. The molecule has 20 heavy (non-hydrogen) atoms. The zero-order valence-electron chi connectivity index (χ0n) is 12.4. The van der Waals surface area contributed by atoms with Crippen LogP contribution in [0.5, 0.6) is 0 Å². The molecule has 1 aliphatic carbocycles. The summed E-state index contributed by atoms with van der Waals surface area (Å²) in [6.07, 6.45) is 7.95. The summed E-state index contributed by atoms with van der Waals surface area (Å²) in [6.45, 7) is 0. The average molecular weight is 297 g/mol. The number of carbonyl (C=O) groups excluding carboxylic acids is 1. The highest BCUT2D eigenvalue weighted by atomic mass is 32.2. The fraction of sp³-hybridized carbons (Fsp3) is 0.714. The molecule has 1 heterocycles. The minimum Gasteiger partial charge on any atom is -0.468 e. The van der Waals surface area contributed by atoms with Crippen LogP contribution in [-0.4, -0.2) is 41.2 Å². The molecule has 0 saturated heterocycles. The number of esters is 1. The average Bonchev–Trinajstić information content (AvgIpc) is 3.05. The first-order valence-corrected chi connectivity index (χ1v) is 7.99. The van der Waals surface area contributed by atoms with Gasteiger partial charge in [0.2, 0.25) is 0 Å². The Balaban J connectivity index is 1.92. The third-order valence-corrected chi connectivity index (χ3v) is 5.22. The van der Waals surface area contributed by atoms with Crippen LogP contribution in [0.2, 0.25) is 0 Å². The molecule has 6 heteroatoms. The topological polar surface area (TPSA) is 56.1 Å². The van der Waals surface area contributed by atoms with Crippen molar-refractivity contribution in [1.29, 1.82) is 0 Å². The Morgan fingerprint density at radius 3 is 3.10 bits per heavy atom. The van der Waals surface area contributed by atoms with Crippen molar-refractivity contribution < 1.29 is 9.53 Å². The van der Waals surface area contributed by atoms with E-state index in [1.165, 1.54) is 12.0 Å². The minimum absolute atomic E-state index is 0.117. The van der Waals surface area contributed by atoms with Crippen LogP contribution in [0, 0.1) is 5.92 Å². The predicted molar refractivity (Wildman–Crippen MR) is 79.7 cm³/mol. The first kappa shape index (κ1) is 15.4. The number of aromatic nitrogens is 2. The first-order chi connectivity index (χ1) is 9.62. The highest BCUT2D eigenvalue weighted by molar-refractivity contribution is 7.99. The molecule has 0 aromatic carbocycles. The van der Waals surface area contributed by atoms with E-state index in [1.54, 1.807) is 11.8 Å². The zero-order chi connectivity index (χ0) is 14.6. The molecule has 0 aliphatic heterocycles.